The van der Waals surface area contributed by atoms with Crippen LogP contribution in [-0.2, 0) is 17.6 Å². The average Bonchev–Trinajstić information content (AvgIpc) is 3.36. The molecule has 3 heterocycles. The lowest BCUT2D eigenvalue weighted by atomic mass is 9.97. The fourth-order valence-electron chi connectivity index (χ4n) is 2.95. The molecule has 26 heavy (non-hydrogen) atoms. The molecule has 1 aliphatic heterocycles. The molecule has 1 aromatic carbocycles. The quantitative estimate of drug-likeness (QED) is 0.733. The Morgan fingerprint density at radius 3 is 3.04 bits per heavy atom. The van der Waals surface area contributed by atoms with E-state index in [0.29, 0.717) is 43.5 Å². The third-order valence-electron chi connectivity index (χ3n) is 4.32. The van der Waals surface area contributed by atoms with Crippen LogP contribution in [0.5, 0.6) is 5.75 Å². The predicted molar refractivity (Wildman–Crippen MR) is 92.5 cm³/mol. The Morgan fingerprint density at radius 2 is 2.15 bits per heavy atom. The molecule has 0 spiro atoms. The van der Waals surface area contributed by atoms with Crippen molar-refractivity contribution < 1.29 is 18.5 Å². The monoisotopic (exact) mass is 353 g/mol. The van der Waals surface area contributed by atoms with Crippen LogP contribution in [0.3, 0.4) is 0 Å². The zero-order valence-corrected chi connectivity index (χ0v) is 14.2. The lowest BCUT2D eigenvalue weighted by Gasteiger charge is -2.25. The molecule has 4 rings (SSSR count). The number of ether oxygens (including phenoxy) is 1. The van der Waals surface area contributed by atoms with Crippen LogP contribution >= 0.6 is 0 Å². The van der Waals surface area contributed by atoms with Crippen molar-refractivity contribution in [2.24, 2.45) is 5.92 Å². The number of furan rings is 1. The van der Waals surface area contributed by atoms with Gasteiger partial charge in [0.1, 0.15) is 5.75 Å². The normalized spacial score (nSPS) is 15.9. The highest BCUT2D eigenvalue weighted by Crippen LogP contribution is 2.26. The number of amides is 1. The summed E-state index contributed by atoms with van der Waals surface area (Å²) in [7, 11) is 0. The number of aryl methyl sites for hydroxylation is 1. The molecule has 1 N–H and O–H groups in total. The Balaban J connectivity index is 1.23. The maximum Gasteiger partial charge on any atom is 0.238 e. The minimum absolute atomic E-state index is 0.0402. The lowest BCUT2D eigenvalue weighted by molar-refractivity contribution is -0.121. The van der Waals surface area contributed by atoms with Gasteiger partial charge in [-0.1, -0.05) is 23.4 Å². The number of hydrogen-bond acceptors (Lipinski definition) is 6. The second kappa shape index (κ2) is 7.43. The summed E-state index contributed by atoms with van der Waals surface area (Å²) in [6, 6.07) is 11.5. The van der Waals surface area contributed by atoms with E-state index >= 15 is 0 Å². The highest BCUT2D eigenvalue weighted by Gasteiger charge is 2.20. The van der Waals surface area contributed by atoms with Gasteiger partial charge >= 0.3 is 0 Å². The number of nitrogens with one attached hydrogen (secondary N) is 1. The SMILES string of the molecule is O=C(CCc1nc(-c2ccco2)no1)NCC1COc2ccccc2C1. The van der Waals surface area contributed by atoms with Crippen molar-refractivity contribution in [1.29, 1.82) is 0 Å². The predicted octanol–water partition coefficient (Wildman–Crippen LogP) is 2.63. The molecule has 1 unspecified atom stereocenters. The van der Waals surface area contributed by atoms with Gasteiger partial charge in [-0.15, -0.1) is 0 Å². The molecule has 7 heteroatoms. The number of carbonyl (C=O) groups is 1. The Morgan fingerprint density at radius 1 is 1.23 bits per heavy atom. The van der Waals surface area contributed by atoms with E-state index < -0.39 is 0 Å². The zero-order valence-electron chi connectivity index (χ0n) is 14.2. The van der Waals surface area contributed by atoms with Crippen molar-refractivity contribution in [2.75, 3.05) is 13.2 Å². The first-order valence-electron chi connectivity index (χ1n) is 8.62. The molecule has 0 aliphatic carbocycles. The number of rotatable bonds is 6. The third-order valence-corrected chi connectivity index (χ3v) is 4.32. The summed E-state index contributed by atoms with van der Waals surface area (Å²) in [5.41, 5.74) is 1.19. The summed E-state index contributed by atoms with van der Waals surface area (Å²) in [5.74, 6) is 2.54. The molecule has 1 atom stereocenters. The lowest BCUT2D eigenvalue weighted by Crippen LogP contribution is -2.34. The molecule has 0 bridgehead atoms. The fraction of sp³-hybridized carbons (Fsp3) is 0.316. The number of benzene rings is 1. The van der Waals surface area contributed by atoms with Crippen LogP contribution in [-0.4, -0.2) is 29.2 Å². The van der Waals surface area contributed by atoms with Crippen molar-refractivity contribution in [3.63, 3.8) is 0 Å². The van der Waals surface area contributed by atoms with Gasteiger partial charge in [0.05, 0.1) is 12.9 Å². The van der Waals surface area contributed by atoms with Gasteiger partial charge in [0.15, 0.2) is 5.76 Å². The van der Waals surface area contributed by atoms with E-state index in [2.05, 4.69) is 21.5 Å². The molecule has 3 aromatic rings. The number of nitrogens with zero attached hydrogens (tertiary/aromatic N) is 2. The second-order valence-electron chi connectivity index (χ2n) is 6.28. The molecule has 0 saturated heterocycles. The molecule has 2 aromatic heterocycles. The molecule has 0 saturated carbocycles. The highest BCUT2D eigenvalue weighted by atomic mass is 16.5. The molecular weight excluding hydrogens is 334 g/mol. The largest absolute Gasteiger partial charge is 0.493 e. The van der Waals surface area contributed by atoms with Crippen LogP contribution < -0.4 is 10.1 Å². The summed E-state index contributed by atoms with van der Waals surface area (Å²) >= 11 is 0. The van der Waals surface area contributed by atoms with Crippen LogP contribution in [0.15, 0.2) is 51.6 Å². The van der Waals surface area contributed by atoms with Crippen LogP contribution in [0.25, 0.3) is 11.6 Å². The van der Waals surface area contributed by atoms with E-state index in [4.69, 9.17) is 13.7 Å². The first-order chi connectivity index (χ1) is 12.8. The van der Waals surface area contributed by atoms with E-state index in [1.807, 2.05) is 18.2 Å². The van der Waals surface area contributed by atoms with Crippen LogP contribution in [0.1, 0.15) is 17.9 Å². The van der Waals surface area contributed by atoms with E-state index in [1.54, 1.807) is 18.4 Å². The second-order valence-corrected chi connectivity index (χ2v) is 6.28. The number of carbonyl (C=O) groups excluding carboxylic acids is 1. The molecule has 0 fully saturated rings. The summed E-state index contributed by atoms with van der Waals surface area (Å²) < 4.78 is 16.1. The number of aromatic nitrogens is 2. The van der Waals surface area contributed by atoms with Gasteiger partial charge in [-0.05, 0) is 30.2 Å². The molecule has 0 radical (unpaired) electrons. The van der Waals surface area contributed by atoms with E-state index in [-0.39, 0.29) is 11.8 Å². The van der Waals surface area contributed by atoms with E-state index in [1.165, 1.54) is 5.56 Å². The van der Waals surface area contributed by atoms with Crippen LogP contribution in [0.4, 0.5) is 0 Å². The Hall–Kier alpha value is -3.09. The molecule has 7 nitrogen and oxygen atoms in total. The first kappa shape index (κ1) is 16.4. The number of fused-ring (bicyclic) bond motifs is 1. The van der Waals surface area contributed by atoms with Gasteiger partial charge in [0.2, 0.25) is 17.6 Å². The standard InChI is InChI=1S/C19H19N3O4/c23-17(7-8-18-21-19(22-26-18)16-6-3-9-24-16)20-11-13-10-14-4-1-2-5-15(14)25-12-13/h1-6,9,13H,7-8,10-12H2,(H,20,23). The van der Waals surface area contributed by atoms with Gasteiger partial charge in [-0.2, -0.15) is 4.98 Å². The summed E-state index contributed by atoms with van der Waals surface area (Å²) in [6.45, 7) is 1.21. The topological polar surface area (TPSA) is 90.4 Å². The highest BCUT2D eigenvalue weighted by molar-refractivity contribution is 5.76. The third kappa shape index (κ3) is 3.77. The van der Waals surface area contributed by atoms with Gasteiger partial charge in [-0.25, -0.2) is 0 Å². The van der Waals surface area contributed by atoms with Gasteiger partial charge in [0, 0.05) is 25.3 Å². The number of para-hydroxylation sites is 1. The van der Waals surface area contributed by atoms with Crippen LogP contribution in [0, 0.1) is 5.92 Å². The van der Waals surface area contributed by atoms with Crippen molar-refractivity contribution in [3.8, 4) is 17.3 Å². The molecular formula is C19H19N3O4. The van der Waals surface area contributed by atoms with E-state index in [9.17, 15) is 4.79 Å². The van der Waals surface area contributed by atoms with Gasteiger partial charge < -0.3 is 19.0 Å². The Labute approximate surface area is 150 Å². The maximum absolute atomic E-state index is 12.1. The van der Waals surface area contributed by atoms with Crippen molar-refractivity contribution in [2.45, 2.75) is 19.3 Å². The first-order valence-corrected chi connectivity index (χ1v) is 8.62. The molecule has 134 valence electrons. The van der Waals surface area contributed by atoms with Crippen molar-refractivity contribution >= 4 is 5.91 Å². The number of hydrogen-bond donors (Lipinski definition) is 1. The van der Waals surface area contributed by atoms with Gasteiger partial charge in [0.25, 0.3) is 0 Å². The minimum Gasteiger partial charge on any atom is -0.493 e. The molecule has 1 amide bonds. The Kier molecular flexibility index (Phi) is 4.68. The smallest absolute Gasteiger partial charge is 0.238 e. The minimum atomic E-state index is -0.0402. The molecule has 1 aliphatic rings. The fourth-order valence-corrected chi connectivity index (χ4v) is 2.95. The summed E-state index contributed by atoms with van der Waals surface area (Å²) in [6.07, 6.45) is 3.15. The van der Waals surface area contributed by atoms with Gasteiger partial charge in [-0.3, -0.25) is 4.79 Å². The zero-order chi connectivity index (χ0) is 17.8. The Bertz CT molecular complexity index is 873. The average molecular weight is 353 g/mol. The summed E-state index contributed by atoms with van der Waals surface area (Å²) in [5, 5.41) is 6.81. The van der Waals surface area contributed by atoms with Crippen molar-refractivity contribution in [3.05, 3.63) is 54.1 Å². The maximum atomic E-state index is 12.1. The van der Waals surface area contributed by atoms with Crippen LogP contribution in [0.2, 0.25) is 0 Å². The summed E-state index contributed by atoms with van der Waals surface area (Å²) in [4.78, 5) is 16.3. The van der Waals surface area contributed by atoms with E-state index in [0.717, 1.165) is 12.2 Å². The van der Waals surface area contributed by atoms with Crippen molar-refractivity contribution in [1.82, 2.24) is 15.5 Å².